The maximum Gasteiger partial charge on any atom is 0.255 e. The molecule has 2 rings (SSSR count). The molecule has 0 aliphatic heterocycles. The van der Waals surface area contributed by atoms with Gasteiger partial charge in [-0.1, -0.05) is 64.1 Å². The van der Waals surface area contributed by atoms with Gasteiger partial charge in [0.15, 0.2) is 0 Å². The molecule has 0 heterocycles. The zero-order chi connectivity index (χ0) is 16.8. The van der Waals surface area contributed by atoms with E-state index in [-0.39, 0.29) is 5.91 Å². The summed E-state index contributed by atoms with van der Waals surface area (Å²) in [6.45, 7) is 8.59. The Morgan fingerprint density at radius 3 is 2.04 bits per heavy atom. The standard InChI is InChI=1S/C21H25NO/c1-15(2)5-6-17-7-9-19(10-8-17)21(23)22-20-13-11-18(12-14-20)16(3)4/h5-16H,1-4H3,(H,22,23)/b6-5+. The maximum atomic E-state index is 12.3. The van der Waals surface area contributed by atoms with E-state index in [4.69, 9.17) is 0 Å². The second-order valence-corrected chi connectivity index (χ2v) is 6.46. The first-order valence-electron chi connectivity index (χ1n) is 8.15. The number of benzene rings is 2. The monoisotopic (exact) mass is 307 g/mol. The zero-order valence-electron chi connectivity index (χ0n) is 14.3. The van der Waals surface area contributed by atoms with Crippen molar-refractivity contribution in [3.63, 3.8) is 0 Å². The van der Waals surface area contributed by atoms with Crippen molar-refractivity contribution >= 4 is 17.7 Å². The van der Waals surface area contributed by atoms with Crippen LogP contribution in [0, 0.1) is 5.92 Å². The lowest BCUT2D eigenvalue weighted by Gasteiger charge is -2.08. The first-order valence-corrected chi connectivity index (χ1v) is 8.15. The lowest BCUT2D eigenvalue weighted by molar-refractivity contribution is 0.102. The summed E-state index contributed by atoms with van der Waals surface area (Å²) < 4.78 is 0. The van der Waals surface area contributed by atoms with E-state index in [9.17, 15) is 4.79 Å². The molecule has 1 N–H and O–H groups in total. The number of nitrogens with one attached hydrogen (secondary N) is 1. The molecule has 0 radical (unpaired) electrons. The van der Waals surface area contributed by atoms with Crippen LogP contribution >= 0.6 is 0 Å². The molecule has 0 spiro atoms. The predicted octanol–water partition coefficient (Wildman–Crippen LogP) is 5.73. The number of carbonyl (C=O) groups is 1. The van der Waals surface area contributed by atoms with E-state index < -0.39 is 0 Å². The summed E-state index contributed by atoms with van der Waals surface area (Å²) in [7, 11) is 0. The van der Waals surface area contributed by atoms with Gasteiger partial charge in [-0.2, -0.15) is 0 Å². The minimum Gasteiger partial charge on any atom is -0.322 e. The minimum absolute atomic E-state index is 0.0818. The molecule has 1 amide bonds. The summed E-state index contributed by atoms with van der Waals surface area (Å²) >= 11 is 0. The van der Waals surface area contributed by atoms with Crippen LogP contribution in [0.3, 0.4) is 0 Å². The van der Waals surface area contributed by atoms with Crippen molar-refractivity contribution in [1.29, 1.82) is 0 Å². The first kappa shape index (κ1) is 17.0. The van der Waals surface area contributed by atoms with Crippen LogP contribution < -0.4 is 5.32 Å². The largest absolute Gasteiger partial charge is 0.322 e. The molecule has 2 heteroatoms. The van der Waals surface area contributed by atoms with Crippen molar-refractivity contribution in [2.75, 3.05) is 5.32 Å². The average molecular weight is 307 g/mol. The molecule has 0 aliphatic carbocycles. The van der Waals surface area contributed by atoms with E-state index in [1.165, 1.54) is 5.56 Å². The van der Waals surface area contributed by atoms with Crippen LogP contribution in [-0.4, -0.2) is 5.91 Å². The fourth-order valence-electron chi connectivity index (χ4n) is 2.20. The molecule has 0 unspecified atom stereocenters. The van der Waals surface area contributed by atoms with Gasteiger partial charge in [-0.3, -0.25) is 4.79 Å². The van der Waals surface area contributed by atoms with Gasteiger partial charge in [-0.15, -0.1) is 0 Å². The molecule has 0 atom stereocenters. The number of rotatable bonds is 5. The van der Waals surface area contributed by atoms with Gasteiger partial charge in [0.05, 0.1) is 0 Å². The van der Waals surface area contributed by atoms with E-state index in [1.807, 2.05) is 36.4 Å². The summed E-state index contributed by atoms with van der Waals surface area (Å²) in [5.41, 5.74) is 3.86. The van der Waals surface area contributed by atoms with Crippen LogP contribution in [0.25, 0.3) is 6.08 Å². The van der Waals surface area contributed by atoms with Gasteiger partial charge >= 0.3 is 0 Å². The number of amides is 1. The first-order chi connectivity index (χ1) is 11.0. The van der Waals surface area contributed by atoms with Crippen molar-refractivity contribution in [2.24, 2.45) is 5.92 Å². The number of hydrogen-bond donors (Lipinski definition) is 1. The van der Waals surface area contributed by atoms with Crippen molar-refractivity contribution in [1.82, 2.24) is 0 Å². The van der Waals surface area contributed by atoms with Crippen LogP contribution in [0.4, 0.5) is 5.69 Å². The highest BCUT2D eigenvalue weighted by atomic mass is 16.1. The van der Waals surface area contributed by atoms with Crippen molar-refractivity contribution in [3.8, 4) is 0 Å². The molecule has 2 nitrogen and oxygen atoms in total. The van der Waals surface area contributed by atoms with Gasteiger partial charge in [0.1, 0.15) is 0 Å². The normalized spacial score (nSPS) is 11.4. The van der Waals surface area contributed by atoms with Crippen LogP contribution in [0.1, 0.15) is 55.1 Å². The summed E-state index contributed by atoms with van der Waals surface area (Å²) in [5, 5.41) is 2.94. The molecule has 0 saturated heterocycles. The molecule has 2 aromatic rings. The molecule has 0 bridgehead atoms. The van der Waals surface area contributed by atoms with Gasteiger partial charge in [0.2, 0.25) is 0 Å². The molecule has 120 valence electrons. The Bertz CT molecular complexity index is 664. The molecular weight excluding hydrogens is 282 g/mol. The molecule has 0 aromatic heterocycles. The Labute approximate surface area is 139 Å². The quantitative estimate of drug-likeness (QED) is 0.750. The smallest absolute Gasteiger partial charge is 0.255 e. The van der Waals surface area contributed by atoms with Crippen molar-refractivity contribution in [3.05, 3.63) is 71.3 Å². The summed E-state index contributed by atoms with van der Waals surface area (Å²) in [5.74, 6) is 0.930. The summed E-state index contributed by atoms with van der Waals surface area (Å²) in [4.78, 5) is 12.3. The van der Waals surface area contributed by atoms with E-state index in [0.717, 1.165) is 11.3 Å². The molecule has 2 aromatic carbocycles. The van der Waals surface area contributed by atoms with Crippen LogP contribution in [0.15, 0.2) is 54.6 Å². The molecule has 0 fully saturated rings. The van der Waals surface area contributed by atoms with E-state index >= 15 is 0 Å². The topological polar surface area (TPSA) is 29.1 Å². The minimum atomic E-state index is -0.0818. The van der Waals surface area contributed by atoms with Gasteiger partial charge in [0.25, 0.3) is 5.91 Å². The Morgan fingerprint density at radius 1 is 0.913 bits per heavy atom. The van der Waals surface area contributed by atoms with Gasteiger partial charge < -0.3 is 5.32 Å². The van der Waals surface area contributed by atoms with E-state index in [0.29, 0.717) is 17.4 Å². The maximum absolute atomic E-state index is 12.3. The Kier molecular flexibility index (Phi) is 5.75. The second-order valence-electron chi connectivity index (χ2n) is 6.46. The Morgan fingerprint density at radius 2 is 1.52 bits per heavy atom. The fourth-order valence-corrected chi connectivity index (χ4v) is 2.20. The van der Waals surface area contributed by atoms with Gasteiger partial charge in [0, 0.05) is 11.3 Å². The third-order valence-corrected chi connectivity index (χ3v) is 3.68. The molecule has 0 saturated carbocycles. The predicted molar refractivity (Wildman–Crippen MR) is 98.8 cm³/mol. The SMILES string of the molecule is CC(C)/C=C/c1ccc(C(=O)Nc2ccc(C(C)C)cc2)cc1. The van der Waals surface area contributed by atoms with Crippen LogP contribution in [-0.2, 0) is 0 Å². The Hall–Kier alpha value is -2.35. The second kappa shape index (κ2) is 7.77. The van der Waals surface area contributed by atoms with E-state index in [2.05, 4.69) is 57.3 Å². The fraction of sp³-hybridized carbons (Fsp3) is 0.286. The summed E-state index contributed by atoms with van der Waals surface area (Å²) in [6, 6.07) is 15.7. The molecular formula is C21H25NO. The lowest BCUT2D eigenvalue weighted by Crippen LogP contribution is -2.11. The van der Waals surface area contributed by atoms with Crippen molar-refractivity contribution in [2.45, 2.75) is 33.6 Å². The van der Waals surface area contributed by atoms with E-state index in [1.54, 1.807) is 0 Å². The zero-order valence-corrected chi connectivity index (χ0v) is 14.3. The average Bonchev–Trinajstić information content (AvgIpc) is 2.54. The van der Waals surface area contributed by atoms with Crippen molar-refractivity contribution < 1.29 is 4.79 Å². The third-order valence-electron chi connectivity index (χ3n) is 3.68. The molecule has 23 heavy (non-hydrogen) atoms. The highest BCUT2D eigenvalue weighted by Crippen LogP contribution is 2.18. The van der Waals surface area contributed by atoms with Crippen LogP contribution in [0.5, 0.6) is 0 Å². The third kappa shape index (κ3) is 5.10. The highest BCUT2D eigenvalue weighted by molar-refractivity contribution is 6.04. The van der Waals surface area contributed by atoms with Gasteiger partial charge in [-0.25, -0.2) is 0 Å². The molecule has 0 aliphatic rings. The van der Waals surface area contributed by atoms with Gasteiger partial charge in [-0.05, 0) is 47.2 Å². The van der Waals surface area contributed by atoms with Crippen LogP contribution in [0.2, 0.25) is 0 Å². The Balaban J connectivity index is 2.03. The highest BCUT2D eigenvalue weighted by Gasteiger charge is 2.06. The summed E-state index contributed by atoms with van der Waals surface area (Å²) in [6.07, 6.45) is 4.22. The number of anilines is 1. The number of carbonyl (C=O) groups excluding carboxylic acids is 1. The number of allylic oxidation sites excluding steroid dienone is 1. The lowest BCUT2D eigenvalue weighted by atomic mass is 10.0. The number of hydrogen-bond acceptors (Lipinski definition) is 1.